The van der Waals surface area contributed by atoms with Crippen molar-refractivity contribution in [2.24, 2.45) is 5.92 Å². The molecule has 1 heterocycles. The summed E-state index contributed by atoms with van der Waals surface area (Å²) in [7, 11) is 0. The Balaban J connectivity index is 1.86. The molecule has 0 spiro atoms. The van der Waals surface area contributed by atoms with Crippen LogP contribution in [0.3, 0.4) is 0 Å². The third kappa shape index (κ3) is 8.18. The molecule has 0 aliphatic heterocycles. The number of rotatable bonds is 13. The third-order valence-electron chi connectivity index (χ3n) is 5.56. The van der Waals surface area contributed by atoms with E-state index in [1.807, 2.05) is 30.3 Å². The van der Waals surface area contributed by atoms with E-state index in [0.29, 0.717) is 11.3 Å². The zero-order valence-corrected chi connectivity index (χ0v) is 20.7. The highest BCUT2D eigenvalue weighted by atomic mass is 32.2. The van der Waals surface area contributed by atoms with Crippen molar-refractivity contribution in [3.8, 4) is 0 Å². The summed E-state index contributed by atoms with van der Waals surface area (Å²) >= 11 is 0.940. The third-order valence-corrected chi connectivity index (χ3v) is 6.62. The quantitative estimate of drug-likeness (QED) is 0.247. The molecule has 3 rings (SSSR count). The number of carboxylic acids is 2. The molecule has 0 fully saturated rings. The summed E-state index contributed by atoms with van der Waals surface area (Å²) in [6.07, 6.45) is 2.34. The Labute approximate surface area is 218 Å². The zero-order chi connectivity index (χ0) is 26.7. The molecule has 0 radical (unpaired) electrons. The van der Waals surface area contributed by atoms with Gasteiger partial charge in [-0.1, -0.05) is 60.3 Å². The lowest BCUT2D eigenvalue weighted by molar-refractivity contribution is -0.148. The van der Waals surface area contributed by atoms with Crippen molar-refractivity contribution < 1.29 is 29.4 Å². The molecule has 2 aromatic carbocycles. The van der Waals surface area contributed by atoms with E-state index in [0.717, 1.165) is 17.3 Å². The molecule has 1 aromatic heterocycles. The van der Waals surface area contributed by atoms with Gasteiger partial charge in [-0.15, -0.1) is 0 Å². The average molecular weight is 522 g/mol. The highest BCUT2D eigenvalue weighted by Gasteiger charge is 2.42. The molecule has 0 aliphatic carbocycles. The Bertz CT molecular complexity index is 1210. The lowest BCUT2D eigenvalue weighted by Crippen LogP contribution is -2.61. The van der Waals surface area contributed by atoms with Crippen molar-refractivity contribution in [3.63, 3.8) is 0 Å². The van der Waals surface area contributed by atoms with Gasteiger partial charge in [0, 0.05) is 42.2 Å². The van der Waals surface area contributed by atoms with Crippen LogP contribution in [0.2, 0.25) is 0 Å². The first-order chi connectivity index (χ1) is 17.8. The maximum atomic E-state index is 13.6. The van der Waals surface area contributed by atoms with Gasteiger partial charge in [-0.3, -0.25) is 19.4 Å². The SMILES string of the molecule is O=C(O)CCC(NC(=O)C(CSC(=O)c1cccnc1)Cc1ccccc1)(Nc1ccccc1)C(=O)O. The standard InChI is InChI=1S/C27H27N3O6S/c31-23(32)13-14-27(26(35)36,29-22-11-5-2-6-12-22)30-24(33)21(16-19-8-3-1-4-9-19)18-37-25(34)20-10-7-15-28-17-20/h1-12,15,17,21,29H,13-14,16,18H2,(H,30,33)(H,31,32)(H,35,36). The van der Waals surface area contributed by atoms with Gasteiger partial charge >= 0.3 is 11.9 Å². The van der Waals surface area contributed by atoms with Crippen molar-refractivity contribution in [3.05, 3.63) is 96.3 Å². The molecule has 10 heteroatoms. The van der Waals surface area contributed by atoms with E-state index in [9.17, 15) is 29.4 Å². The van der Waals surface area contributed by atoms with Crippen molar-refractivity contribution in [2.45, 2.75) is 24.9 Å². The number of para-hydroxylation sites is 1. The number of hydrogen-bond donors (Lipinski definition) is 4. The van der Waals surface area contributed by atoms with Crippen molar-refractivity contribution in [1.82, 2.24) is 10.3 Å². The van der Waals surface area contributed by atoms with Crippen LogP contribution in [0.15, 0.2) is 85.2 Å². The summed E-state index contributed by atoms with van der Waals surface area (Å²) in [5.41, 5.74) is -0.460. The monoisotopic (exact) mass is 521 g/mol. The predicted molar refractivity (Wildman–Crippen MR) is 140 cm³/mol. The van der Waals surface area contributed by atoms with Crippen LogP contribution in [0.5, 0.6) is 0 Å². The van der Waals surface area contributed by atoms with Crippen LogP contribution in [-0.4, -0.2) is 49.6 Å². The summed E-state index contributed by atoms with van der Waals surface area (Å²) in [5, 5.41) is 24.5. The van der Waals surface area contributed by atoms with Gasteiger partial charge in [0.05, 0.1) is 5.92 Å². The lowest BCUT2D eigenvalue weighted by atomic mass is 9.97. The number of pyridine rings is 1. The molecule has 1 amide bonds. The first kappa shape index (κ1) is 27.4. The Morgan fingerprint density at radius 1 is 0.919 bits per heavy atom. The van der Waals surface area contributed by atoms with E-state index in [4.69, 9.17) is 0 Å². The first-order valence-corrected chi connectivity index (χ1v) is 12.5. The van der Waals surface area contributed by atoms with Gasteiger partial charge in [-0.05, 0) is 36.2 Å². The van der Waals surface area contributed by atoms with Gasteiger partial charge in [0.1, 0.15) is 0 Å². The Morgan fingerprint density at radius 2 is 1.59 bits per heavy atom. The molecule has 0 bridgehead atoms. The van der Waals surface area contributed by atoms with Crippen LogP contribution in [0.1, 0.15) is 28.8 Å². The second-order valence-electron chi connectivity index (χ2n) is 8.31. The maximum absolute atomic E-state index is 13.6. The van der Waals surface area contributed by atoms with Crippen molar-refractivity contribution >= 4 is 40.4 Å². The van der Waals surface area contributed by atoms with Crippen LogP contribution >= 0.6 is 11.8 Å². The van der Waals surface area contributed by atoms with Crippen LogP contribution in [0, 0.1) is 5.92 Å². The molecule has 37 heavy (non-hydrogen) atoms. The number of anilines is 1. The topological polar surface area (TPSA) is 146 Å². The molecule has 3 aromatic rings. The maximum Gasteiger partial charge on any atom is 0.350 e. The van der Waals surface area contributed by atoms with Crippen LogP contribution in [0.4, 0.5) is 5.69 Å². The molecule has 9 nitrogen and oxygen atoms in total. The fourth-order valence-electron chi connectivity index (χ4n) is 3.61. The number of thioether (sulfide) groups is 1. The summed E-state index contributed by atoms with van der Waals surface area (Å²) in [6.45, 7) is 0. The number of carbonyl (C=O) groups is 4. The lowest BCUT2D eigenvalue weighted by Gasteiger charge is -2.33. The van der Waals surface area contributed by atoms with Crippen molar-refractivity contribution in [1.29, 1.82) is 0 Å². The number of carboxylic acid groups (broad SMARTS) is 2. The molecule has 2 atom stereocenters. The molecule has 2 unspecified atom stereocenters. The van der Waals surface area contributed by atoms with E-state index < -0.39 is 42.3 Å². The highest BCUT2D eigenvalue weighted by molar-refractivity contribution is 8.14. The molecule has 4 N–H and O–H groups in total. The minimum Gasteiger partial charge on any atom is -0.481 e. The average Bonchev–Trinajstić information content (AvgIpc) is 2.91. The van der Waals surface area contributed by atoms with Gasteiger partial charge in [0.2, 0.25) is 16.7 Å². The van der Waals surface area contributed by atoms with Crippen LogP contribution in [0.25, 0.3) is 0 Å². The van der Waals surface area contributed by atoms with E-state index in [-0.39, 0.29) is 17.3 Å². The van der Waals surface area contributed by atoms with Gasteiger partial charge < -0.3 is 20.8 Å². The molecule has 0 saturated heterocycles. The number of carbonyl (C=O) groups excluding carboxylic acids is 2. The number of benzene rings is 2. The summed E-state index contributed by atoms with van der Waals surface area (Å²) in [5.74, 6) is -3.95. The Hall–Kier alpha value is -4.18. The number of hydrogen-bond acceptors (Lipinski definition) is 7. The highest BCUT2D eigenvalue weighted by Crippen LogP contribution is 2.23. The predicted octanol–water partition coefficient (Wildman–Crippen LogP) is 3.69. The fourth-order valence-corrected chi connectivity index (χ4v) is 4.52. The van der Waals surface area contributed by atoms with Crippen LogP contribution < -0.4 is 10.6 Å². The van der Waals surface area contributed by atoms with Crippen molar-refractivity contribution in [2.75, 3.05) is 11.1 Å². The molecular weight excluding hydrogens is 494 g/mol. The Kier molecular flexibility index (Phi) is 9.79. The minimum absolute atomic E-state index is 0.0778. The Morgan fingerprint density at radius 3 is 2.19 bits per heavy atom. The summed E-state index contributed by atoms with van der Waals surface area (Å²) in [4.78, 5) is 53.9. The van der Waals surface area contributed by atoms with E-state index in [2.05, 4.69) is 15.6 Å². The number of amides is 1. The largest absolute Gasteiger partial charge is 0.481 e. The van der Waals surface area contributed by atoms with Gasteiger partial charge in [0.15, 0.2) is 0 Å². The number of nitrogens with one attached hydrogen (secondary N) is 2. The first-order valence-electron chi connectivity index (χ1n) is 11.5. The fraction of sp³-hybridized carbons (Fsp3) is 0.222. The number of aliphatic carboxylic acids is 2. The minimum atomic E-state index is -2.08. The van der Waals surface area contributed by atoms with E-state index in [1.165, 1.54) is 6.20 Å². The van der Waals surface area contributed by atoms with Gasteiger partial charge in [0.25, 0.3) is 0 Å². The molecule has 0 saturated carbocycles. The summed E-state index contributed by atoms with van der Waals surface area (Å²) < 4.78 is 0. The van der Waals surface area contributed by atoms with Gasteiger partial charge in [-0.2, -0.15) is 0 Å². The number of aromatic nitrogens is 1. The zero-order valence-electron chi connectivity index (χ0n) is 19.9. The van der Waals surface area contributed by atoms with Crippen LogP contribution in [-0.2, 0) is 20.8 Å². The molecule has 0 aliphatic rings. The number of nitrogens with zero attached hydrogens (tertiary/aromatic N) is 1. The van der Waals surface area contributed by atoms with Gasteiger partial charge in [-0.25, -0.2) is 4.79 Å². The van der Waals surface area contributed by atoms with E-state index in [1.54, 1.807) is 48.7 Å². The molecular formula is C27H27N3O6S. The summed E-state index contributed by atoms with van der Waals surface area (Å²) in [6, 6.07) is 20.8. The normalized spacial score (nSPS) is 13.1. The second kappa shape index (κ2) is 13.2. The smallest absolute Gasteiger partial charge is 0.350 e. The van der Waals surface area contributed by atoms with E-state index >= 15 is 0 Å². The second-order valence-corrected chi connectivity index (χ2v) is 9.30. The molecule has 192 valence electrons.